The molecule has 5 nitrogen and oxygen atoms in total. The molecular weight excluding hydrogens is 228 g/mol. The Morgan fingerprint density at radius 3 is 3.00 bits per heavy atom. The molecule has 1 heterocycles. The molecule has 2 rings (SSSR count). The molecular formula is C13H18N4O. The quantitative estimate of drug-likeness (QED) is 0.790. The van der Waals surface area contributed by atoms with Gasteiger partial charge in [0.1, 0.15) is 0 Å². The number of nitrogens with one attached hydrogen (secondary N) is 2. The van der Waals surface area contributed by atoms with Crippen molar-refractivity contribution in [2.45, 2.75) is 19.9 Å². The highest BCUT2D eigenvalue weighted by molar-refractivity contribution is 5.75. The van der Waals surface area contributed by atoms with Gasteiger partial charge >= 0.3 is 6.03 Å². The van der Waals surface area contributed by atoms with Crippen LogP contribution in [0.2, 0.25) is 0 Å². The molecule has 0 bridgehead atoms. The molecule has 0 fully saturated rings. The Bertz CT molecular complexity index is 520. The van der Waals surface area contributed by atoms with Crippen LogP contribution in [-0.4, -0.2) is 28.7 Å². The van der Waals surface area contributed by atoms with Crippen molar-refractivity contribution in [1.29, 1.82) is 0 Å². The summed E-state index contributed by atoms with van der Waals surface area (Å²) in [5.74, 6) is 0. The predicted octanol–water partition coefficient (Wildman–Crippen LogP) is 1.75. The Morgan fingerprint density at radius 2 is 2.17 bits per heavy atom. The first-order valence-electron chi connectivity index (χ1n) is 6.23. The van der Waals surface area contributed by atoms with E-state index in [9.17, 15) is 4.79 Å². The van der Waals surface area contributed by atoms with Crippen molar-refractivity contribution in [2.75, 3.05) is 13.1 Å². The van der Waals surface area contributed by atoms with Gasteiger partial charge in [-0.15, -0.1) is 0 Å². The van der Waals surface area contributed by atoms with Crippen LogP contribution in [0.25, 0.3) is 11.0 Å². The van der Waals surface area contributed by atoms with Crippen molar-refractivity contribution < 1.29 is 4.79 Å². The zero-order valence-corrected chi connectivity index (χ0v) is 10.5. The van der Waals surface area contributed by atoms with Crippen molar-refractivity contribution in [3.63, 3.8) is 0 Å². The number of aromatic nitrogens is 2. The molecule has 0 saturated carbocycles. The largest absolute Gasteiger partial charge is 0.338 e. The van der Waals surface area contributed by atoms with Crippen LogP contribution in [0.5, 0.6) is 0 Å². The van der Waals surface area contributed by atoms with Gasteiger partial charge in [-0.1, -0.05) is 12.1 Å². The topological polar surface area (TPSA) is 59.0 Å². The minimum atomic E-state index is -0.104. The Kier molecular flexibility index (Phi) is 4.17. The second-order valence-electron chi connectivity index (χ2n) is 4.07. The SMILES string of the molecule is CCNC(=O)NCCCn1cnc2ccccc21. The van der Waals surface area contributed by atoms with Crippen LogP contribution >= 0.6 is 0 Å². The van der Waals surface area contributed by atoms with E-state index in [0.717, 1.165) is 24.0 Å². The minimum Gasteiger partial charge on any atom is -0.338 e. The van der Waals surface area contributed by atoms with Gasteiger partial charge in [-0.3, -0.25) is 0 Å². The van der Waals surface area contributed by atoms with E-state index in [1.165, 1.54) is 0 Å². The third kappa shape index (κ3) is 3.00. The van der Waals surface area contributed by atoms with Crippen molar-refractivity contribution in [3.05, 3.63) is 30.6 Å². The molecule has 18 heavy (non-hydrogen) atoms. The summed E-state index contributed by atoms with van der Waals surface area (Å²) in [6.07, 6.45) is 2.73. The molecule has 2 amide bonds. The second-order valence-corrected chi connectivity index (χ2v) is 4.07. The van der Waals surface area contributed by atoms with E-state index in [-0.39, 0.29) is 6.03 Å². The maximum Gasteiger partial charge on any atom is 0.314 e. The average Bonchev–Trinajstić information content (AvgIpc) is 2.78. The maximum atomic E-state index is 11.2. The number of hydrogen-bond donors (Lipinski definition) is 2. The molecule has 96 valence electrons. The van der Waals surface area contributed by atoms with Crippen LogP contribution < -0.4 is 10.6 Å². The number of amides is 2. The molecule has 0 atom stereocenters. The summed E-state index contributed by atoms with van der Waals surface area (Å²) < 4.78 is 2.11. The molecule has 0 aliphatic carbocycles. The Balaban J connectivity index is 1.82. The Hall–Kier alpha value is -2.04. The normalized spacial score (nSPS) is 10.5. The van der Waals surface area contributed by atoms with Gasteiger partial charge in [0.2, 0.25) is 0 Å². The van der Waals surface area contributed by atoms with E-state index in [2.05, 4.69) is 26.3 Å². The number of nitrogens with zero attached hydrogens (tertiary/aromatic N) is 2. The zero-order chi connectivity index (χ0) is 12.8. The molecule has 0 saturated heterocycles. The fourth-order valence-electron chi connectivity index (χ4n) is 1.86. The van der Waals surface area contributed by atoms with Crippen molar-refractivity contribution >= 4 is 17.1 Å². The summed E-state index contributed by atoms with van der Waals surface area (Å²) in [7, 11) is 0. The molecule has 1 aromatic carbocycles. The summed E-state index contributed by atoms with van der Waals surface area (Å²) in [6, 6.07) is 7.94. The van der Waals surface area contributed by atoms with Gasteiger partial charge in [-0.2, -0.15) is 0 Å². The fraction of sp³-hybridized carbons (Fsp3) is 0.385. The highest BCUT2D eigenvalue weighted by atomic mass is 16.2. The highest BCUT2D eigenvalue weighted by Crippen LogP contribution is 2.11. The number of urea groups is 1. The van der Waals surface area contributed by atoms with Crippen molar-refractivity contribution in [3.8, 4) is 0 Å². The van der Waals surface area contributed by atoms with Crippen LogP contribution in [-0.2, 0) is 6.54 Å². The molecule has 1 aromatic heterocycles. The van der Waals surface area contributed by atoms with Gasteiger partial charge in [0.05, 0.1) is 17.4 Å². The molecule has 5 heteroatoms. The van der Waals surface area contributed by atoms with E-state index in [1.807, 2.05) is 31.5 Å². The van der Waals surface area contributed by atoms with E-state index < -0.39 is 0 Å². The van der Waals surface area contributed by atoms with Crippen LogP contribution in [0.1, 0.15) is 13.3 Å². The van der Waals surface area contributed by atoms with E-state index in [0.29, 0.717) is 13.1 Å². The number of para-hydroxylation sites is 2. The lowest BCUT2D eigenvalue weighted by atomic mass is 10.3. The monoisotopic (exact) mass is 246 g/mol. The zero-order valence-electron chi connectivity index (χ0n) is 10.5. The smallest absolute Gasteiger partial charge is 0.314 e. The van der Waals surface area contributed by atoms with E-state index in [1.54, 1.807) is 0 Å². The first-order valence-corrected chi connectivity index (χ1v) is 6.23. The fourth-order valence-corrected chi connectivity index (χ4v) is 1.86. The first kappa shape index (κ1) is 12.4. The second kappa shape index (κ2) is 6.05. The number of benzene rings is 1. The lowest BCUT2D eigenvalue weighted by Gasteiger charge is -2.06. The Labute approximate surface area is 106 Å². The molecule has 0 aliphatic rings. The standard InChI is InChI=1S/C13H18N4O/c1-2-14-13(18)15-8-5-9-17-10-16-11-6-3-4-7-12(11)17/h3-4,6-7,10H,2,5,8-9H2,1H3,(H2,14,15,18). The average molecular weight is 246 g/mol. The number of carbonyl (C=O) groups excluding carboxylic acids is 1. The number of imidazole rings is 1. The summed E-state index contributed by atoms with van der Waals surface area (Å²) in [5, 5.41) is 5.51. The third-order valence-corrected chi connectivity index (χ3v) is 2.73. The minimum absolute atomic E-state index is 0.104. The van der Waals surface area contributed by atoms with Crippen molar-refractivity contribution in [1.82, 2.24) is 20.2 Å². The lowest BCUT2D eigenvalue weighted by molar-refractivity contribution is 0.241. The van der Waals surface area contributed by atoms with Crippen molar-refractivity contribution in [2.24, 2.45) is 0 Å². The third-order valence-electron chi connectivity index (χ3n) is 2.73. The predicted molar refractivity (Wildman–Crippen MR) is 71.4 cm³/mol. The summed E-state index contributed by atoms with van der Waals surface area (Å²) in [4.78, 5) is 15.5. The van der Waals surface area contributed by atoms with Gasteiger partial charge in [-0.25, -0.2) is 9.78 Å². The van der Waals surface area contributed by atoms with Gasteiger partial charge in [0, 0.05) is 19.6 Å². The van der Waals surface area contributed by atoms with Crippen LogP contribution in [0.4, 0.5) is 4.79 Å². The maximum absolute atomic E-state index is 11.2. The number of aryl methyl sites for hydroxylation is 1. The Morgan fingerprint density at radius 1 is 1.33 bits per heavy atom. The highest BCUT2D eigenvalue weighted by Gasteiger charge is 2.01. The van der Waals surface area contributed by atoms with Gasteiger partial charge in [0.15, 0.2) is 0 Å². The lowest BCUT2D eigenvalue weighted by Crippen LogP contribution is -2.35. The van der Waals surface area contributed by atoms with Gasteiger partial charge < -0.3 is 15.2 Å². The first-order chi connectivity index (χ1) is 8.81. The molecule has 0 aliphatic heterocycles. The van der Waals surface area contributed by atoms with E-state index >= 15 is 0 Å². The number of carbonyl (C=O) groups is 1. The van der Waals surface area contributed by atoms with Crippen LogP contribution in [0.15, 0.2) is 30.6 Å². The molecule has 0 unspecified atom stereocenters. The molecule has 0 radical (unpaired) electrons. The van der Waals surface area contributed by atoms with Gasteiger partial charge in [-0.05, 0) is 25.5 Å². The van der Waals surface area contributed by atoms with Crippen LogP contribution in [0, 0.1) is 0 Å². The summed E-state index contributed by atoms with van der Waals surface area (Å²) >= 11 is 0. The number of hydrogen-bond acceptors (Lipinski definition) is 2. The number of rotatable bonds is 5. The van der Waals surface area contributed by atoms with E-state index in [4.69, 9.17) is 0 Å². The van der Waals surface area contributed by atoms with Crippen LogP contribution in [0.3, 0.4) is 0 Å². The molecule has 0 spiro atoms. The molecule has 2 aromatic rings. The molecule has 2 N–H and O–H groups in total. The summed E-state index contributed by atoms with van der Waals surface area (Å²) in [5.41, 5.74) is 2.14. The van der Waals surface area contributed by atoms with Gasteiger partial charge in [0.25, 0.3) is 0 Å². The summed E-state index contributed by atoms with van der Waals surface area (Å²) in [6.45, 7) is 4.07. The number of fused-ring (bicyclic) bond motifs is 1.